The quantitative estimate of drug-likeness (QED) is 0.941. The number of hydrogen-bond donors (Lipinski definition) is 1. The van der Waals surface area contributed by atoms with Crippen LogP contribution in [0.15, 0.2) is 53.4 Å². The van der Waals surface area contributed by atoms with Crippen LogP contribution in [-0.2, 0) is 10.0 Å². The van der Waals surface area contributed by atoms with E-state index in [1.165, 1.54) is 19.1 Å². The zero-order valence-electron chi connectivity index (χ0n) is 11.3. The van der Waals surface area contributed by atoms with Crippen molar-refractivity contribution < 1.29 is 12.8 Å². The fraction of sp³-hybridized carbons (Fsp3) is 0.200. The molecular formula is C15H16FNO2S. The van der Waals surface area contributed by atoms with Crippen LogP contribution in [0.5, 0.6) is 0 Å². The third kappa shape index (κ3) is 3.23. The second-order valence-corrected chi connectivity index (χ2v) is 6.38. The topological polar surface area (TPSA) is 46.2 Å². The summed E-state index contributed by atoms with van der Waals surface area (Å²) in [5.74, 6) is -0.417. The summed E-state index contributed by atoms with van der Waals surface area (Å²) in [6, 6.07) is 12.7. The molecule has 0 spiro atoms. The zero-order valence-corrected chi connectivity index (χ0v) is 12.1. The highest BCUT2D eigenvalue weighted by Crippen LogP contribution is 2.18. The summed E-state index contributed by atoms with van der Waals surface area (Å²) in [7, 11) is -3.66. The normalized spacial score (nSPS) is 13.2. The molecule has 1 unspecified atom stereocenters. The maximum Gasteiger partial charge on any atom is 0.241 e. The lowest BCUT2D eigenvalue weighted by Crippen LogP contribution is -2.27. The van der Waals surface area contributed by atoms with Crippen molar-refractivity contribution in [2.24, 2.45) is 0 Å². The van der Waals surface area contributed by atoms with E-state index in [1.807, 2.05) is 30.3 Å². The highest BCUT2D eigenvalue weighted by Gasteiger charge is 2.18. The van der Waals surface area contributed by atoms with E-state index in [0.717, 1.165) is 11.6 Å². The van der Waals surface area contributed by atoms with E-state index in [4.69, 9.17) is 0 Å². The summed E-state index contributed by atoms with van der Waals surface area (Å²) in [5, 5.41) is 0. The second-order valence-electron chi connectivity index (χ2n) is 4.66. The van der Waals surface area contributed by atoms with Gasteiger partial charge in [0.1, 0.15) is 5.82 Å². The predicted molar refractivity (Wildman–Crippen MR) is 76.3 cm³/mol. The fourth-order valence-corrected chi connectivity index (χ4v) is 3.21. The Morgan fingerprint density at radius 1 is 1.10 bits per heavy atom. The third-order valence-electron chi connectivity index (χ3n) is 3.07. The molecule has 3 nitrogen and oxygen atoms in total. The van der Waals surface area contributed by atoms with Gasteiger partial charge in [-0.1, -0.05) is 30.3 Å². The highest BCUT2D eigenvalue weighted by atomic mass is 32.2. The first-order chi connectivity index (χ1) is 9.40. The molecule has 0 aliphatic heterocycles. The minimum absolute atomic E-state index is 0.0687. The molecule has 0 amide bonds. The van der Waals surface area contributed by atoms with Crippen LogP contribution in [0.2, 0.25) is 0 Å². The number of hydrogen-bond acceptors (Lipinski definition) is 2. The standard InChI is InChI=1S/C15H16FNO2S/c1-11-10-14(8-9-15(11)16)20(18,19)17-12(2)13-6-4-3-5-7-13/h3-10,12,17H,1-2H3. The zero-order chi connectivity index (χ0) is 14.8. The Hall–Kier alpha value is -1.72. The van der Waals surface area contributed by atoms with Gasteiger partial charge in [-0.25, -0.2) is 17.5 Å². The van der Waals surface area contributed by atoms with Crippen molar-refractivity contribution in [2.75, 3.05) is 0 Å². The minimum Gasteiger partial charge on any atom is -0.207 e. The first kappa shape index (κ1) is 14.7. The molecule has 2 aromatic rings. The van der Waals surface area contributed by atoms with Crippen LogP contribution in [0.3, 0.4) is 0 Å². The van der Waals surface area contributed by atoms with Crippen LogP contribution in [0.1, 0.15) is 24.1 Å². The molecule has 106 valence electrons. The highest BCUT2D eigenvalue weighted by molar-refractivity contribution is 7.89. The van der Waals surface area contributed by atoms with E-state index >= 15 is 0 Å². The monoisotopic (exact) mass is 293 g/mol. The molecule has 0 aliphatic carbocycles. The molecule has 0 heterocycles. The molecule has 0 aromatic heterocycles. The molecule has 0 saturated carbocycles. The largest absolute Gasteiger partial charge is 0.241 e. The fourth-order valence-electron chi connectivity index (χ4n) is 1.89. The molecule has 1 N–H and O–H groups in total. The lowest BCUT2D eigenvalue weighted by Gasteiger charge is -2.15. The van der Waals surface area contributed by atoms with E-state index in [0.29, 0.717) is 5.56 Å². The molecule has 5 heteroatoms. The van der Waals surface area contributed by atoms with Crippen molar-refractivity contribution in [1.29, 1.82) is 0 Å². The predicted octanol–water partition coefficient (Wildman–Crippen LogP) is 3.17. The summed E-state index contributed by atoms with van der Waals surface area (Å²) in [6.07, 6.45) is 0. The van der Waals surface area contributed by atoms with Gasteiger partial charge in [0.05, 0.1) is 4.90 Å². The molecule has 2 rings (SSSR count). The van der Waals surface area contributed by atoms with Crippen LogP contribution >= 0.6 is 0 Å². The number of benzene rings is 2. The Bertz CT molecular complexity index is 699. The molecule has 2 aromatic carbocycles. The van der Waals surface area contributed by atoms with Gasteiger partial charge < -0.3 is 0 Å². The molecule has 0 saturated heterocycles. The Morgan fingerprint density at radius 2 is 1.75 bits per heavy atom. The van der Waals surface area contributed by atoms with E-state index in [9.17, 15) is 12.8 Å². The van der Waals surface area contributed by atoms with Crippen LogP contribution in [0, 0.1) is 12.7 Å². The third-order valence-corrected chi connectivity index (χ3v) is 4.61. The van der Waals surface area contributed by atoms with Crippen LogP contribution < -0.4 is 4.72 Å². The van der Waals surface area contributed by atoms with Gasteiger partial charge in [-0.3, -0.25) is 0 Å². The summed E-state index contributed by atoms with van der Waals surface area (Å²) in [4.78, 5) is 0.0687. The van der Waals surface area contributed by atoms with Crippen molar-refractivity contribution in [1.82, 2.24) is 4.72 Å². The molecule has 0 radical (unpaired) electrons. The lowest BCUT2D eigenvalue weighted by atomic mass is 10.1. The number of halogens is 1. The average Bonchev–Trinajstić information content (AvgIpc) is 2.42. The number of rotatable bonds is 4. The van der Waals surface area contributed by atoms with Gasteiger partial charge >= 0.3 is 0 Å². The van der Waals surface area contributed by atoms with Gasteiger partial charge in [-0.05, 0) is 43.2 Å². The van der Waals surface area contributed by atoms with Gasteiger partial charge in [-0.15, -0.1) is 0 Å². The molecular weight excluding hydrogens is 277 g/mol. The number of sulfonamides is 1. The van der Waals surface area contributed by atoms with Gasteiger partial charge in [0.25, 0.3) is 0 Å². The Kier molecular flexibility index (Phi) is 4.20. The summed E-state index contributed by atoms with van der Waals surface area (Å²) in [5.41, 5.74) is 1.18. The van der Waals surface area contributed by atoms with Crippen molar-refractivity contribution in [3.05, 3.63) is 65.5 Å². The lowest BCUT2D eigenvalue weighted by molar-refractivity contribution is 0.566. The number of nitrogens with one attached hydrogen (secondary N) is 1. The summed E-state index contributed by atoms with van der Waals surface area (Å²) < 4.78 is 40.3. The van der Waals surface area contributed by atoms with Gasteiger partial charge in [-0.2, -0.15) is 0 Å². The molecule has 0 bridgehead atoms. The second kappa shape index (κ2) is 5.73. The number of aryl methyl sites for hydroxylation is 1. The van der Waals surface area contributed by atoms with Crippen LogP contribution in [0.25, 0.3) is 0 Å². The van der Waals surface area contributed by atoms with Crippen LogP contribution in [-0.4, -0.2) is 8.42 Å². The van der Waals surface area contributed by atoms with Crippen molar-refractivity contribution in [3.8, 4) is 0 Å². The Labute approximate surface area is 118 Å². The van der Waals surface area contributed by atoms with Gasteiger partial charge in [0, 0.05) is 6.04 Å². The van der Waals surface area contributed by atoms with E-state index < -0.39 is 15.8 Å². The average molecular weight is 293 g/mol. The smallest absolute Gasteiger partial charge is 0.207 e. The Morgan fingerprint density at radius 3 is 2.35 bits per heavy atom. The van der Waals surface area contributed by atoms with E-state index in [1.54, 1.807) is 6.92 Å². The molecule has 20 heavy (non-hydrogen) atoms. The van der Waals surface area contributed by atoms with E-state index in [-0.39, 0.29) is 10.9 Å². The van der Waals surface area contributed by atoms with Crippen molar-refractivity contribution in [3.63, 3.8) is 0 Å². The summed E-state index contributed by atoms with van der Waals surface area (Å²) >= 11 is 0. The maximum atomic E-state index is 13.2. The van der Waals surface area contributed by atoms with Gasteiger partial charge in [0.15, 0.2) is 0 Å². The maximum absolute atomic E-state index is 13.2. The first-order valence-electron chi connectivity index (χ1n) is 6.23. The SMILES string of the molecule is Cc1cc(S(=O)(=O)NC(C)c2ccccc2)ccc1F. The van der Waals surface area contributed by atoms with Crippen molar-refractivity contribution >= 4 is 10.0 Å². The van der Waals surface area contributed by atoms with Crippen molar-refractivity contribution in [2.45, 2.75) is 24.8 Å². The minimum atomic E-state index is -3.66. The first-order valence-corrected chi connectivity index (χ1v) is 7.72. The Balaban J connectivity index is 2.25. The molecule has 1 atom stereocenters. The van der Waals surface area contributed by atoms with Crippen LogP contribution in [0.4, 0.5) is 4.39 Å². The summed E-state index contributed by atoms with van der Waals surface area (Å²) in [6.45, 7) is 3.30. The van der Waals surface area contributed by atoms with E-state index in [2.05, 4.69) is 4.72 Å². The molecule has 0 fully saturated rings. The molecule has 0 aliphatic rings. The van der Waals surface area contributed by atoms with Gasteiger partial charge in [0.2, 0.25) is 10.0 Å².